The van der Waals surface area contributed by atoms with Crippen LogP contribution in [-0.4, -0.2) is 18.2 Å². The molecule has 0 aliphatic carbocycles. The van der Waals surface area contributed by atoms with Crippen molar-refractivity contribution in [2.24, 2.45) is 0 Å². The second-order valence-corrected chi connectivity index (χ2v) is 3.83. The first kappa shape index (κ1) is 12.3. The minimum atomic E-state index is -0.915. The first-order valence-corrected chi connectivity index (χ1v) is 5.02. The van der Waals surface area contributed by atoms with E-state index >= 15 is 0 Å². The van der Waals surface area contributed by atoms with Gasteiger partial charge < -0.3 is 9.84 Å². The van der Waals surface area contributed by atoms with Gasteiger partial charge in [0.05, 0.1) is 7.11 Å². The molecule has 0 amide bonds. The van der Waals surface area contributed by atoms with E-state index in [9.17, 15) is 4.79 Å². The molecule has 3 nitrogen and oxygen atoms in total. The molecule has 0 unspecified atom stereocenters. The normalized spacial score (nSPS) is 11.4. The number of benzene rings is 1. The van der Waals surface area contributed by atoms with Crippen molar-refractivity contribution in [3.63, 3.8) is 0 Å². The third-order valence-electron chi connectivity index (χ3n) is 2.41. The summed E-state index contributed by atoms with van der Waals surface area (Å²) in [5.74, 6) is -0.208. The summed E-state index contributed by atoms with van der Waals surface area (Å²) in [6.45, 7) is 5.49. The van der Waals surface area contributed by atoms with Crippen molar-refractivity contribution in [3.05, 3.63) is 34.4 Å². The van der Waals surface area contributed by atoms with Crippen LogP contribution in [0, 0.1) is 13.8 Å². The van der Waals surface area contributed by atoms with E-state index in [-0.39, 0.29) is 0 Å². The number of rotatable bonds is 3. The minimum absolute atomic E-state index is 0.297. The first-order chi connectivity index (χ1) is 7.45. The second kappa shape index (κ2) is 4.84. The van der Waals surface area contributed by atoms with E-state index in [0.29, 0.717) is 11.3 Å². The van der Waals surface area contributed by atoms with Gasteiger partial charge in [0.1, 0.15) is 5.75 Å². The monoisotopic (exact) mass is 220 g/mol. The second-order valence-electron chi connectivity index (χ2n) is 3.83. The molecule has 0 radical (unpaired) electrons. The lowest BCUT2D eigenvalue weighted by Crippen LogP contribution is -1.98. The van der Waals surface area contributed by atoms with Gasteiger partial charge in [-0.3, -0.25) is 0 Å². The Morgan fingerprint density at radius 2 is 2.00 bits per heavy atom. The van der Waals surface area contributed by atoms with Gasteiger partial charge in [0, 0.05) is 11.1 Å². The Kier molecular flexibility index (Phi) is 3.72. The molecule has 0 fully saturated rings. The van der Waals surface area contributed by atoms with Gasteiger partial charge in [-0.1, -0.05) is 6.07 Å². The molecule has 0 saturated heterocycles. The fourth-order valence-corrected chi connectivity index (χ4v) is 1.57. The number of hydrogen-bond donors (Lipinski definition) is 1. The molecule has 1 N–H and O–H groups in total. The Morgan fingerprint density at radius 1 is 1.38 bits per heavy atom. The van der Waals surface area contributed by atoms with Gasteiger partial charge in [0.25, 0.3) is 0 Å². The van der Waals surface area contributed by atoms with E-state index in [1.807, 2.05) is 26.0 Å². The molecule has 0 heterocycles. The Hall–Kier alpha value is -1.77. The summed E-state index contributed by atoms with van der Waals surface area (Å²) < 4.78 is 5.25. The summed E-state index contributed by atoms with van der Waals surface area (Å²) in [6, 6.07) is 3.90. The van der Waals surface area contributed by atoms with Crippen LogP contribution < -0.4 is 4.74 Å². The van der Waals surface area contributed by atoms with Crippen LogP contribution in [0.1, 0.15) is 23.6 Å². The molecule has 0 bridgehead atoms. The van der Waals surface area contributed by atoms with E-state index in [4.69, 9.17) is 9.84 Å². The summed E-state index contributed by atoms with van der Waals surface area (Å²) in [4.78, 5) is 10.8. The van der Waals surface area contributed by atoms with Crippen LogP contribution in [0.2, 0.25) is 0 Å². The lowest BCUT2D eigenvalue weighted by molar-refractivity contribution is -0.132. The molecular weight excluding hydrogens is 204 g/mol. The van der Waals surface area contributed by atoms with Crippen LogP contribution in [0.15, 0.2) is 17.7 Å². The Bertz CT molecular complexity index is 445. The number of hydrogen-bond acceptors (Lipinski definition) is 2. The molecule has 86 valence electrons. The number of ether oxygens (including phenoxy) is 1. The zero-order valence-electron chi connectivity index (χ0n) is 10.00. The number of carboxylic acids is 1. The number of carboxylic acid groups (broad SMARTS) is 1. The van der Waals surface area contributed by atoms with Crippen LogP contribution in [0.25, 0.3) is 6.08 Å². The summed E-state index contributed by atoms with van der Waals surface area (Å²) >= 11 is 0. The van der Waals surface area contributed by atoms with E-state index < -0.39 is 5.97 Å². The standard InChI is InChI=1S/C13H16O3/c1-8-5-9(2)11(12(6-8)16-4)7-10(3)13(14)15/h5-7H,1-4H3,(H,14,15)/b10-7+. The maximum absolute atomic E-state index is 10.8. The highest BCUT2D eigenvalue weighted by atomic mass is 16.5. The average molecular weight is 220 g/mol. The van der Waals surface area contributed by atoms with Crippen LogP contribution in [0.5, 0.6) is 5.75 Å². The molecular formula is C13H16O3. The van der Waals surface area contributed by atoms with Gasteiger partial charge in [-0.2, -0.15) is 0 Å². The molecule has 0 saturated carbocycles. The van der Waals surface area contributed by atoms with Crippen LogP contribution in [-0.2, 0) is 4.79 Å². The molecule has 0 spiro atoms. The number of methoxy groups -OCH3 is 1. The third-order valence-corrected chi connectivity index (χ3v) is 2.41. The minimum Gasteiger partial charge on any atom is -0.496 e. The Labute approximate surface area is 95.4 Å². The number of aryl methyl sites for hydroxylation is 2. The summed E-state index contributed by atoms with van der Waals surface area (Å²) in [5.41, 5.74) is 3.23. The van der Waals surface area contributed by atoms with Crippen molar-refractivity contribution in [3.8, 4) is 5.75 Å². The lowest BCUT2D eigenvalue weighted by atomic mass is 10.0. The highest BCUT2D eigenvalue weighted by Crippen LogP contribution is 2.26. The van der Waals surface area contributed by atoms with Gasteiger partial charge >= 0.3 is 5.97 Å². The van der Waals surface area contributed by atoms with E-state index in [2.05, 4.69) is 0 Å². The molecule has 1 aromatic rings. The molecule has 0 aliphatic rings. The number of aliphatic carboxylic acids is 1. The van der Waals surface area contributed by atoms with E-state index in [1.54, 1.807) is 20.1 Å². The quantitative estimate of drug-likeness (QED) is 0.797. The van der Waals surface area contributed by atoms with Crippen LogP contribution in [0.3, 0.4) is 0 Å². The van der Waals surface area contributed by atoms with Crippen molar-refractivity contribution in [2.45, 2.75) is 20.8 Å². The van der Waals surface area contributed by atoms with Crippen molar-refractivity contribution in [2.75, 3.05) is 7.11 Å². The SMILES string of the molecule is COc1cc(C)cc(C)c1/C=C(\C)C(=O)O. The fraction of sp³-hybridized carbons (Fsp3) is 0.308. The molecule has 1 rings (SSSR count). The summed E-state index contributed by atoms with van der Waals surface area (Å²) in [5, 5.41) is 8.84. The molecule has 3 heteroatoms. The van der Waals surface area contributed by atoms with Gasteiger partial charge in [-0.05, 0) is 44.0 Å². The maximum Gasteiger partial charge on any atom is 0.331 e. The van der Waals surface area contributed by atoms with E-state index in [1.165, 1.54) is 0 Å². The van der Waals surface area contributed by atoms with Crippen LogP contribution in [0.4, 0.5) is 0 Å². The maximum atomic E-state index is 10.8. The predicted octanol–water partition coefficient (Wildman–Crippen LogP) is 2.80. The third kappa shape index (κ3) is 2.63. The van der Waals surface area contributed by atoms with Crippen molar-refractivity contribution in [1.29, 1.82) is 0 Å². The average Bonchev–Trinajstić information content (AvgIpc) is 2.21. The predicted molar refractivity (Wildman–Crippen MR) is 63.8 cm³/mol. The Morgan fingerprint density at radius 3 is 2.50 bits per heavy atom. The van der Waals surface area contributed by atoms with Crippen molar-refractivity contribution in [1.82, 2.24) is 0 Å². The molecule has 16 heavy (non-hydrogen) atoms. The summed E-state index contributed by atoms with van der Waals surface area (Å²) in [7, 11) is 1.58. The Balaban J connectivity index is 3.32. The van der Waals surface area contributed by atoms with Crippen LogP contribution >= 0.6 is 0 Å². The zero-order valence-corrected chi connectivity index (χ0v) is 10.00. The first-order valence-electron chi connectivity index (χ1n) is 5.02. The zero-order chi connectivity index (χ0) is 12.3. The van der Waals surface area contributed by atoms with E-state index in [0.717, 1.165) is 16.7 Å². The molecule has 0 atom stereocenters. The summed E-state index contributed by atoms with van der Waals surface area (Å²) in [6.07, 6.45) is 1.63. The molecule has 1 aromatic carbocycles. The van der Waals surface area contributed by atoms with Gasteiger partial charge in [-0.25, -0.2) is 4.79 Å². The van der Waals surface area contributed by atoms with Gasteiger partial charge in [-0.15, -0.1) is 0 Å². The topological polar surface area (TPSA) is 46.5 Å². The largest absolute Gasteiger partial charge is 0.496 e. The lowest BCUT2D eigenvalue weighted by Gasteiger charge is -2.10. The number of carbonyl (C=O) groups is 1. The fourth-order valence-electron chi connectivity index (χ4n) is 1.57. The van der Waals surface area contributed by atoms with Gasteiger partial charge in [0.15, 0.2) is 0 Å². The highest BCUT2D eigenvalue weighted by molar-refractivity contribution is 5.92. The highest BCUT2D eigenvalue weighted by Gasteiger charge is 2.08. The molecule has 0 aliphatic heterocycles. The molecule has 0 aromatic heterocycles. The smallest absolute Gasteiger partial charge is 0.331 e. The van der Waals surface area contributed by atoms with Crippen molar-refractivity contribution >= 4 is 12.0 Å². The van der Waals surface area contributed by atoms with Gasteiger partial charge in [0.2, 0.25) is 0 Å². The van der Waals surface area contributed by atoms with Crippen molar-refractivity contribution < 1.29 is 14.6 Å².